The zero-order valence-corrected chi connectivity index (χ0v) is 17.2. The van der Waals surface area contributed by atoms with Gasteiger partial charge in [0.25, 0.3) is 5.91 Å². The molecular formula is C22H24N2O4S. The second-order valence-corrected chi connectivity index (χ2v) is 9.45. The van der Waals surface area contributed by atoms with Crippen molar-refractivity contribution in [2.24, 2.45) is 28.2 Å². The van der Waals surface area contributed by atoms with Crippen LogP contribution in [-0.4, -0.2) is 29.8 Å². The summed E-state index contributed by atoms with van der Waals surface area (Å²) in [6, 6.07) is 5.37. The van der Waals surface area contributed by atoms with Crippen molar-refractivity contribution in [3.8, 4) is 11.5 Å². The van der Waals surface area contributed by atoms with Crippen molar-refractivity contribution in [1.29, 1.82) is 0 Å². The summed E-state index contributed by atoms with van der Waals surface area (Å²) in [6.45, 7) is 0. The van der Waals surface area contributed by atoms with E-state index in [1.165, 1.54) is 19.3 Å². The van der Waals surface area contributed by atoms with Crippen molar-refractivity contribution in [3.05, 3.63) is 23.8 Å². The van der Waals surface area contributed by atoms with E-state index in [4.69, 9.17) is 21.7 Å². The lowest BCUT2D eigenvalue weighted by Gasteiger charge is -2.55. The van der Waals surface area contributed by atoms with E-state index in [-0.39, 0.29) is 22.4 Å². The van der Waals surface area contributed by atoms with Gasteiger partial charge in [-0.2, -0.15) is 0 Å². The first kappa shape index (κ1) is 18.7. The third kappa shape index (κ3) is 3.35. The Bertz CT molecular complexity index is 903. The van der Waals surface area contributed by atoms with E-state index in [2.05, 4.69) is 10.3 Å². The number of aliphatic imine (C=N–C) groups is 1. The summed E-state index contributed by atoms with van der Waals surface area (Å²) in [7, 11) is 1.55. The molecule has 0 saturated heterocycles. The van der Waals surface area contributed by atoms with E-state index >= 15 is 0 Å². The van der Waals surface area contributed by atoms with Crippen LogP contribution in [0.4, 0.5) is 0 Å². The van der Waals surface area contributed by atoms with Crippen LogP contribution >= 0.6 is 12.2 Å². The van der Waals surface area contributed by atoms with E-state index in [1.807, 2.05) is 6.07 Å². The fourth-order valence-electron chi connectivity index (χ4n) is 6.16. The lowest BCUT2D eigenvalue weighted by molar-refractivity contribution is -0.161. The number of hydrogen-bond acceptors (Lipinski definition) is 5. The molecule has 1 amide bonds. The number of nitrogens with zero attached hydrogens (tertiary/aromatic N) is 1. The summed E-state index contributed by atoms with van der Waals surface area (Å²) < 4.78 is 11.4. The third-order valence-corrected chi connectivity index (χ3v) is 7.19. The number of methoxy groups -OCH3 is 1. The highest BCUT2D eigenvalue weighted by Gasteiger charge is 2.55. The maximum absolute atomic E-state index is 13.2. The van der Waals surface area contributed by atoms with Crippen molar-refractivity contribution < 1.29 is 19.1 Å². The van der Waals surface area contributed by atoms with Crippen LogP contribution in [0.5, 0.6) is 11.5 Å². The Morgan fingerprint density at radius 2 is 1.83 bits per heavy atom. The number of ether oxygens (including phenoxy) is 2. The lowest BCUT2D eigenvalue weighted by Crippen LogP contribution is -2.51. The fraction of sp³-hybridized carbons (Fsp3) is 0.545. The maximum atomic E-state index is 13.2. The van der Waals surface area contributed by atoms with E-state index in [9.17, 15) is 9.59 Å². The van der Waals surface area contributed by atoms with Crippen molar-refractivity contribution >= 4 is 34.9 Å². The molecule has 4 aliphatic carbocycles. The van der Waals surface area contributed by atoms with Crippen LogP contribution in [0.25, 0.3) is 0 Å². The molecule has 4 saturated carbocycles. The van der Waals surface area contributed by atoms with Gasteiger partial charge in [0.05, 0.1) is 12.5 Å². The molecular weight excluding hydrogens is 388 g/mol. The molecule has 152 valence electrons. The van der Waals surface area contributed by atoms with Crippen molar-refractivity contribution in [1.82, 2.24) is 5.32 Å². The van der Waals surface area contributed by atoms with Gasteiger partial charge in [-0.15, -0.1) is 0 Å². The average Bonchev–Trinajstić information content (AvgIpc) is 2.98. The van der Waals surface area contributed by atoms with Gasteiger partial charge in [0.2, 0.25) is 0 Å². The van der Waals surface area contributed by atoms with E-state index in [0.29, 0.717) is 41.4 Å². The summed E-state index contributed by atoms with van der Waals surface area (Å²) in [5, 5.41) is 2.70. The number of benzene rings is 1. The highest BCUT2D eigenvalue weighted by Crippen LogP contribution is 2.60. The van der Waals surface area contributed by atoms with Gasteiger partial charge >= 0.3 is 5.97 Å². The number of carbonyl (C=O) groups excluding carboxylic acids is 2. The van der Waals surface area contributed by atoms with Crippen LogP contribution in [-0.2, 0) is 16.0 Å². The topological polar surface area (TPSA) is 77.0 Å². The van der Waals surface area contributed by atoms with Crippen molar-refractivity contribution in [2.45, 2.75) is 44.9 Å². The average molecular weight is 413 g/mol. The van der Waals surface area contributed by atoms with Gasteiger partial charge < -0.3 is 9.47 Å². The van der Waals surface area contributed by atoms with Gasteiger partial charge in [-0.25, -0.2) is 4.99 Å². The van der Waals surface area contributed by atoms with Crippen LogP contribution in [0, 0.1) is 23.2 Å². The Hall–Kier alpha value is -2.28. The molecule has 0 spiro atoms. The number of nitrogens with one attached hydrogen (secondary N) is 1. The number of amides is 1. The van der Waals surface area contributed by atoms with Crippen LogP contribution in [0.1, 0.15) is 44.1 Å². The Kier molecular flexibility index (Phi) is 4.46. The van der Waals surface area contributed by atoms with Gasteiger partial charge in [-0.3, -0.25) is 14.9 Å². The molecule has 1 heterocycles. The number of carbonyl (C=O) groups is 2. The van der Waals surface area contributed by atoms with Gasteiger partial charge in [0, 0.05) is 6.42 Å². The molecule has 29 heavy (non-hydrogen) atoms. The van der Waals surface area contributed by atoms with Gasteiger partial charge in [0.1, 0.15) is 5.71 Å². The molecule has 7 heteroatoms. The number of thiocarbonyl (C=S) groups is 1. The zero-order valence-electron chi connectivity index (χ0n) is 16.4. The first-order valence-electron chi connectivity index (χ1n) is 10.3. The Labute approximate surface area is 175 Å². The lowest BCUT2D eigenvalue weighted by atomic mass is 9.49. The quantitative estimate of drug-likeness (QED) is 0.457. The summed E-state index contributed by atoms with van der Waals surface area (Å²) >= 11 is 4.91. The predicted octanol–water partition coefficient (Wildman–Crippen LogP) is 3.22. The minimum Gasteiger partial charge on any atom is -0.493 e. The fourth-order valence-corrected chi connectivity index (χ4v) is 6.36. The molecule has 1 aromatic rings. The molecule has 1 aliphatic heterocycles. The van der Waals surface area contributed by atoms with Gasteiger partial charge in [-0.05, 0) is 86.2 Å². The molecule has 1 N–H and O–H groups in total. The molecule has 0 unspecified atom stereocenters. The standard InChI is InChI=1S/C22H24N2O4S/c1-27-18-8-12(7-16-19(25)24-21(29)23-16)2-3-17(18)28-20(26)22-9-13-4-14(10-22)6-15(5-13)11-22/h2-3,8,13-15H,4-7,9-11H2,1H3,(H,24,25,29). The highest BCUT2D eigenvalue weighted by atomic mass is 32.1. The SMILES string of the molecule is COc1cc(CC2=NC(=S)NC2=O)ccc1OC(=O)C12CC3CC(CC(C3)C1)C2. The van der Waals surface area contributed by atoms with E-state index in [0.717, 1.165) is 24.8 Å². The molecule has 5 aliphatic rings. The van der Waals surface area contributed by atoms with Gasteiger partial charge in [0.15, 0.2) is 16.6 Å². The largest absolute Gasteiger partial charge is 0.493 e. The van der Waals surface area contributed by atoms with Crippen LogP contribution in [0.2, 0.25) is 0 Å². The maximum Gasteiger partial charge on any atom is 0.317 e. The smallest absolute Gasteiger partial charge is 0.317 e. The molecule has 6 rings (SSSR count). The minimum atomic E-state index is -0.315. The summed E-state index contributed by atoms with van der Waals surface area (Å²) in [6.07, 6.45) is 7.08. The Balaban J connectivity index is 1.33. The van der Waals surface area contributed by atoms with E-state index < -0.39 is 0 Å². The van der Waals surface area contributed by atoms with Crippen LogP contribution in [0.15, 0.2) is 23.2 Å². The molecule has 1 aromatic carbocycles. The first-order chi connectivity index (χ1) is 13.9. The summed E-state index contributed by atoms with van der Waals surface area (Å²) in [5.41, 5.74) is 0.899. The molecule has 0 aromatic heterocycles. The second-order valence-electron chi connectivity index (χ2n) is 9.07. The molecule has 4 bridgehead atoms. The molecule has 0 atom stereocenters. The minimum absolute atomic E-state index is 0.104. The number of esters is 1. The Morgan fingerprint density at radius 1 is 1.17 bits per heavy atom. The predicted molar refractivity (Wildman–Crippen MR) is 111 cm³/mol. The first-order valence-corrected chi connectivity index (χ1v) is 10.7. The monoisotopic (exact) mass is 412 g/mol. The number of rotatable bonds is 5. The second kappa shape index (κ2) is 6.90. The third-order valence-electron chi connectivity index (χ3n) is 6.99. The molecule has 6 nitrogen and oxygen atoms in total. The summed E-state index contributed by atoms with van der Waals surface area (Å²) in [5.74, 6) is 2.60. The number of hydrogen-bond donors (Lipinski definition) is 1. The summed E-state index contributed by atoms with van der Waals surface area (Å²) in [4.78, 5) is 29.1. The van der Waals surface area contributed by atoms with E-state index in [1.54, 1.807) is 19.2 Å². The molecule has 4 fully saturated rings. The van der Waals surface area contributed by atoms with Crippen LogP contribution < -0.4 is 14.8 Å². The highest BCUT2D eigenvalue weighted by molar-refractivity contribution is 7.80. The van der Waals surface area contributed by atoms with Gasteiger partial charge in [-0.1, -0.05) is 6.07 Å². The normalized spacial score (nSPS) is 32.2. The molecule has 0 radical (unpaired) electrons. The van der Waals surface area contributed by atoms with Crippen LogP contribution in [0.3, 0.4) is 0 Å². The zero-order chi connectivity index (χ0) is 20.2. The van der Waals surface area contributed by atoms with Crippen molar-refractivity contribution in [2.75, 3.05) is 7.11 Å². The Morgan fingerprint density at radius 3 is 2.38 bits per heavy atom. The van der Waals surface area contributed by atoms with Crippen molar-refractivity contribution in [3.63, 3.8) is 0 Å².